The molecule has 3 N–H and O–H groups in total. The molecule has 0 aliphatic rings. The number of rotatable bonds is 3. The summed E-state index contributed by atoms with van der Waals surface area (Å²) in [5, 5.41) is 9.55. The highest BCUT2D eigenvalue weighted by Gasteiger charge is 2.18. The first kappa shape index (κ1) is 11.1. The van der Waals surface area contributed by atoms with Crippen LogP contribution < -0.4 is 11.1 Å². The van der Waals surface area contributed by atoms with E-state index in [-0.39, 0.29) is 17.6 Å². The molecule has 6 nitrogen and oxygen atoms in total. The molecule has 1 aromatic heterocycles. The summed E-state index contributed by atoms with van der Waals surface area (Å²) in [4.78, 5) is 11.8. The number of amides is 1. The van der Waals surface area contributed by atoms with Crippen molar-refractivity contribution in [3.05, 3.63) is 41.6 Å². The van der Waals surface area contributed by atoms with Crippen LogP contribution in [0.25, 0.3) is 0 Å². The van der Waals surface area contributed by atoms with Gasteiger partial charge in [-0.25, -0.2) is 4.63 Å². The maximum atomic E-state index is 11.8. The van der Waals surface area contributed by atoms with Gasteiger partial charge in [-0.05, 0) is 22.8 Å². The Bertz CT molecular complexity index is 509. The van der Waals surface area contributed by atoms with Gasteiger partial charge in [0.05, 0.1) is 6.04 Å². The van der Waals surface area contributed by atoms with Crippen LogP contribution in [0.2, 0.25) is 0 Å². The zero-order valence-corrected chi connectivity index (χ0v) is 9.25. The zero-order chi connectivity index (χ0) is 12.3. The molecule has 0 saturated carbocycles. The molecule has 0 unspecified atom stereocenters. The lowest BCUT2D eigenvalue weighted by atomic mass is 10.1. The number of benzene rings is 1. The fourth-order valence-corrected chi connectivity index (χ4v) is 1.44. The Labute approximate surface area is 97.8 Å². The fourth-order valence-electron chi connectivity index (χ4n) is 1.44. The second kappa shape index (κ2) is 4.65. The Morgan fingerprint density at radius 2 is 2.06 bits per heavy atom. The van der Waals surface area contributed by atoms with E-state index in [9.17, 15) is 4.79 Å². The van der Waals surface area contributed by atoms with Crippen molar-refractivity contribution >= 4 is 11.7 Å². The molecule has 1 amide bonds. The molecule has 17 heavy (non-hydrogen) atoms. The predicted molar refractivity (Wildman–Crippen MR) is 61.0 cm³/mol. The van der Waals surface area contributed by atoms with Gasteiger partial charge in [0.2, 0.25) is 11.5 Å². The summed E-state index contributed by atoms with van der Waals surface area (Å²) in [5.41, 5.74) is 6.43. The number of aromatic nitrogens is 2. The van der Waals surface area contributed by atoms with Gasteiger partial charge in [0.15, 0.2) is 0 Å². The van der Waals surface area contributed by atoms with Gasteiger partial charge in [0.25, 0.3) is 5.91 Å². The summed E-state index contributed by atoms with van der Waals surface area (Å²) in [5.74, 6) is -0.414. The molecular formula is C11H12N4O2. The average Bonchev–Trinajstić information content (AvgIpc) is 2.76. The van der Waals surface area contributed by atoms with Crippen LogP contribution in [-0.4, -0.2) is 16.2 Å². The van der Waals surface area contributed by atoms with E-state index in [0.717, 1.165) is 5.56 Å². The van der Waals surface area contributed by atoms with E-state index in [1.165, 1.54) is 0 Å². The van der Waals surface area contributed by atoms with Crippen molar-refractivity contribution < 1.29 is 9.42 Å². The summed E-state index contributed by atoms with van der Waals surface area (Å²) in [7, 11) is 0. The summed E-state index contributed by atoms with van der Waals surface area (Å²) in [6.07, 6.45) is 0. The molecule has 0 aliphatic carbocycles. The third-order valence-corrected chi connectivity index (χ3v) is 2.38. The van der Waals surface area contributed by atoms with Crippen LogP contribution in [0.5, 0.6) is 0 Å². The molecule has 0 saturated heterocycles. The standard InChI is InChI=1S/C11H12N4O2/c1-7(8-5-3-2-4-6-8)13-11(16)9-10(12)15-17-14-9/h2-7H,1H3,(H2,12,15)(H,13,16)/t7-/m1/s1. The van der Waals surface area contributed by atoms with Crippen molar-refractivity contribution in [3.63, 3.8) is 0 Å². The van der Waals surface area contributed by atoms with E-state index in [4.69, 9.17) is 5.73 Å². The molecule has 0 bridgehead atoms. The van der Waals surface area contributed by atoms with E-state index in [0.29, 0.717) is 0 Å². The molecule has 0 fully saturated rings. The number of anilines is 1. The smallest absolute Gasteiger partial charge is 0.277 e. The third-order valence-electron chi connectivity index (χ3n) is 2.38. The van der Waals surface area contributed by atoms with Crippen LogP contribution in [0.15, 0.2) is 35.0 Å². The molecule has 88 valence electrons. The minimum atomic E-state index is -0.403. The van der Waals surface area contributed by atoms with Crippen LogP contribution in [0, 0.1) is 0 Å². The SMILES string of the molecule is C[C@@H](NC(=O)c1nonc1N)c1ccccc1. The molecule has 1 heterocycles. The van der Waals surface area contributed by atoms with Crippen LogP contribution in [0.4, 0.5) is 5.82 Å². The van der Waals surface area contributed by atoms with Crippen LogP contribution in [0.3, 0.4) is 0 Å². The topological polar surface area (TPSA) is 94.0 Å². The number of carbonyl (C=O) groups excluding carboxylic acids is 1. The second-order valence-electron chi connectivity index (χ2n) is 3.60. The van der Waals surface area contributed by atoms with E-state index in [1.54, 1.807) is 0 Å². The van der Waals surface area contributed by atoms with E-state index in [2.05, 4.69) is 20.3 Å². The van der Waals surface area contributed by atoms with Gasteiger partial charge in [0, 0.05) is 0 Å². The highest BCUT2D eigenvalue weighted by molar-refractivity contribution is 5.96. The minimum Gasteiger partial charge on any atom is -0.379 e. The summed E-state index contributed by atoms with van der Waals surface area (Å²) < 4.78 is 4.37. The van der Waals surface area contributed by atoms with Crippen molar-refractivity contribution in [2.75, 3.05) is 5.73 Å². The Morgan fingerprint density at radius 1 is 1.35 bits per heavy atom. The molecule has 0 spiro atoms. The largest absolute Gasteiger partial charge is 0.379 e. The molecule has 0 radical (unpaired) electrons. The maximum absolute atomic E-state index is 11.8. The second-order valence-corrected chi connectivity index (χ2v) is 3.60. The number of carbonyl (C=O) groups is 1. The van der Waals surface area contributed by atoms with Gasteiger partial charge < -0.3 is 11.1 Å². The number of nitrogens with one attached hydrogen (secondary N) is 1. The predicted octanol–water partition coefficient (Wildman–Crippen LogP) is 1.14. The van der Waals surface area contributed by atoms with Crippen LogP contribution in [-0.2, 0) is 0 Å². The Hall–Kier alpha value is -2.37. The van der Waals surface area contributed by atoms with Gasteiger partial charge in [-0.1, -0.05) is 30.3 Å². The first-order chi connectivity index (χ1) is 8.18. The first-order valence-corrected chi connectivity index (χ1v) is 5.12. The van der Waals surface area contributed by atoms with Gasteiger partial charge in [-0.2, -0.15) is 0 Å². The summed E-state index contributed by atoms with van der Waals surface area (Å²) >= 11 is 0. The molecule has 1 atom stereocenters. The summed E-state index contributed by atoms with van der Waals surface area (Å²) in [6, 6.07) is 9.44. The molecule has 1 aromatic carbocycles. The van der Waals surface area contributed by atoms with Crippen molar-refractivity contribution in [3.8, 4) is 0 Å². The van der Waals surface area contributed by atoms with E-state index in [1.807, 2.05) is 37.3 Å². The highest BCUT2D eigenvalue weighted by atomic mass is 16.6. The van der Waals surface area contributed by atoms with Crippen molar-refractivity contribution in [1.82, 2.24) is 15.6 Å². The third kappa shape index (κ3) is 2.41. The fraction of sp³-hybridized carbons (Fsp3) is 0.182. The highest BCUT2D eigenvalue weighted by Crippen LogP contribution is 2.13. The lowest BCUT2D eigenvalue weighted by molar-refractivity contribution is 0.0930. The molecular weight excluding hydrogens is 220 g/mol. The number of hydrogen-bond acceptors (Lipinski definition) is 5. The lowest BCUT2D eigenvalue weighted by Gasteiger charge is -2.12. The van der Waals surface area contributed by atoms with E-state index < -0.39 is 5.91 Å². The van der Waals surface area contributed by atoms with Gasteiger partial charge >= 0.3 is 0 Å². The maximum Gasteiger partial charge on any atom is 0.277 e. The molecule has 2 aromatic rings. The molecule has 2 rings (SSSR count). The lowest BCUT2D eigenvalue weighted by Crippen LogP contribution is -2.27. The van der Waals surface area contributed by atoms with Crippen molar-refractivity contribution in [1.29, 1.82) is 0 Å². The number of hydrogen-bond donors (Lipinski definition) is 2. The van der Waals surface area contributed by atoms with Crippen molar-refractivity contribution in [2.24, 2.45) is 0 Å². The normalized spacial score (nSPS) is 12.1. The molecule has 0 aliphatic heterocycles. The average molecular weight is 232 g/mol. The first-order valence-electron chi connectivity index (χ1n) is 5.12. The van der Waals surface area contributed by atoms with E-state index >= 15 is 0 Å². The Balaban J connectivity index is 2.08. The van der Waals surface area contributed by atoms with Crippen LogP contribution >= 0.6 is 0 Å². The number of nitrogens with two attached hydrogens (primary N) is 1. The minimum absolute atomic E-state index is 0.00720. The van der Waals surface area contributed by atoms with Crippen molar-refractivity contribution in [2.45, 2.75) is 13.0 Å². The van der Waals surface area contributed by atoms with Gasteiger partial charge in [-0.3, -0.25) is 4.79 Å². The molecule has 6 heteroatoms. The monoisotopic (exact) mass is 232 g/mol. The number of nitrogen functional groups attached to an aromatic ring is 1. The van der Waals surface area contributed by atoms with Gasteiger partial charge in [0.1, 0.15) is 0 Å². The quantitative estimate of drug-likeness (QED) is 0.827. The zero-order valence-electron chi connectivity index (χ0n) is 9.25. The van der Waals surface area contributed by atoms with Gasteiger partial charge in [-0.15, -0.1) is 0 Å². The van der Waals surface area contributed by atoms with Crippen LogP contribution in [0.1, 0.15) is 29.0 Å². The summed E-state index contributed by atoms with van der Waals surface area (Å²) in [6.45, 7) is 1.87. The Morgan fingerprint density at radius 3 is 2.65 bits per heavy atom. The Kier molecular flexibility index (Phi) is 3.04. The number of nitrogens with zero attached hydrogens (tertiary/aromatic N) is 2.